The summed E-state index contributed by atoms with van der Waals surface area (Å²) in [4.78, 5) is 38.1. The molecule has 160 valence electrons. The van der Waals surface area contributed by atoms with Crippen LogP contribution in [0.2, 0.25) is 0 Å². The number of anilines is 1. The molecule has 0 saturated heterocycles. The normalized spacial score (nSPS) is 12.9. The molecular weight excluding hydrogens is 410 g/mol. The maximum absolute atomic E-state index is 12.6. The van der Waals surface area contributed by atoms with Crippen LogP contribution in [0, 0.1) is 0 Å². The Morgan fingerprint density at radius 2 is 1.87 bits per heavy atom. The molecule has 1 aliphatic rings. The van der Waals surface area contributed by atoms with Gasteiger partial charge in [0.15, 0.2) is 6.61 Å². The van der Waals surface area contributed by atoms with Gasteiger partial charge in [-0.15, -0.1) is 11.3 Å². The minimum atomic E-state index is -0.910. The predicted molar refractivity (Wildman–Crippen MR) is 110 cm³/mol. The van der Waals surface area contributed by atoms with Crippen LogP contribution in [0.4, 0.5) is 5.00 Å². The Labute approximate surface area is 177 Å². The van der Waals surface area contributed by atoms with Crippen molar-refractivity contribution in [1.29, 1.82) is 0 Å². The first-order valence-corrected chi connectivity index (χ1v) is 10.4. The van der Waals surface area contributed by atoms with Crippen molar-refractivity contribution >= 4 is 34.2 Å². The maximum atomic E-state index is 12.6. The van der Waals surface area contributed by atoms with Crippen molar-refractivity contribution in [3.05, 3.63) is 39.8 Å². The van der Waals surface area contributed by atoms with Gasteiger partial charge in [-0.3, -0.25) is 4.79 Å². The lowest BCUT2D eigenvalue weighted by molar-refractivity contribution is -0.119. The molecule has 30 heavy (non-hydrogen) atoms. The van der Waals surface area contributed by atoms with Gasteiger partial charge in [-0.25, -0.2) is 9.59 Å². The molecule has 1 heterocycles. The first-order chi connectivity index (χ1) is 14.3. The second-order valence-corrected chi connectivity index (χ2v) is 8.30. The summed E-state index contributed by atoms with van der Waals surface area (Å²) in [5, 5.41) is 22.0. The number of nitrogens with one attached hydrogen (secondary N) is 1. The van der Waals surface area contributed by atoms with E-state index in [9.17, 15) is 24.6 Å². The van der Waals surface area contributed by atoms with Gasteiger partial charge in [0.1, 0.15) is 22.1 Å². The molecule has 8 nitrogen and oxygen atoms in total. The summed E-state index contributed by atoms with van der Waals surface area (Å²) < 4.78 is 10.3. The molecule has 3 N–H and O–H groups in total. The summed E-state index contributed by atoms with van der Waals surface area (Å²) in [7, 11) is 0. The van der Waals surface area contributed by atoms with E-state index in [0.29, 0.717) is 10.6 Å². The van der Waals surface area contributed by atoms with Crippen LogP contribution >= 0.6 is 11.3 Å². The van der Waals surface area contributed by atoms with Crippen LogP contribution in [0.3, 0.4) is 0 Å². The van der Waals surface area contributed by atoms with Crippen molar-refractivity contribution in [2.75, 3.05) is 11.9 Å². The Morgan fingerprint density at radius 3 is 2.57 bits per heavy atom. The number of carbonyl (C=O) groups is 3. The number of carbonyl (C=O) groups excluding carboxylic acids is 3. The summed E-state index contributed by atoms with van der Waals surface area (Å²) in [6, 6.07) is 3.41. The smallest absolute Gasteiger partial charge is 0.342 e. The summed E-state index contributed by atoms with van der Waals surface area (Å²) in [6.45, 7) is 2.92. The van der Waals surface area contributed by atoms with Gasteiger partial charge in [0.05, 0.1) is 11.7 Å². The minimum Gasteiger partial charge on any atom is -0.508 e. The highest BCUT2D eigenvalue weighted by molar-refractivity contribution is 7.17. The molecule has 1 aromatic carbocycles. The molecule has 0 spiro atoms. The first-order valence-electron chi connectivity index (χ1n) is 9.60. The van der Waals surface area contributed by atoms with Gasteiger partial charge in [-0.2, -0.15) is 0 Å². The molecule has 3 rings (SSSR count). The number of phenols is 2. The SMILES string of the molecule is CC(C)OC(=O)c1c(NC(=O)COC(=O)c2ccc(O)cc2O)sc2c1CCCC2. The zero-order valence-electron chi connectivity index (χ0n) is 16.7. The fraction of sp³-hybridized carbons (Fsp3) is 0.381. The third-order valence-electron chi connectivity index (χ3n) is 4.51. The number of phenolic OH excluding ortho intramolecular Hbond substituents is 2. The maximum Gasteiger partial charge on any atom is 0.342 e. The van der Waals surface area contributed by atoms with Crippen molar-refractivity contribution in [2.24, 2.45) is 0 Å². The second-order valence-electron chi connectivity index (χ2n) is 7.19. The van der Waals surface area contributed by atoms with Crippen LogP contribution in [-0.4, -0.2) is 40.8 Å². The molecule has 1 amide bonds. The van der Waals surface area contributed by atoms with E-state index in [1.54, 1.807) is 13.8 Å². The molecule has 9 heteroatoms. The van der Waals surface area contributed by atoms with E-state index in [4.69, 9.17) is 9.47 Å². The molecule has 0 unspecified atom stereocenters. The second kappa shape index (κ2) is 9.17. The monoisotopic (exact) mass is 433 g/mol. The fourth-order valence-electron chi connectivity index (χ4n) is 3.21. The molecule has 1 aliphatic carbocycles. The van der Waals surface area contributed by atoms with Crippen LogP contribution in [0.5, 0.6) is 11.5 Å². The van der Waals surface area contributed by atoms with E-state index in [0.717, 1.165) is 42.2 Å². The van der Waals surface area contributed by atoms with E-state index in [-0.39, 0.29) is 17.4 Å². The Balaban J connectivity index is 1.71. The Kier molecular flexibility index (Phi) is 6.61. The van der Waals surface area contributed by atoms with Crippen LogP contribution in [0.1, 0.15) is 57.8 Å². The van der Waals surface area contributed by atoms with Gasteiger partial charge in [0.2, 0.25) is 0 Å². The first kappa shape index (κ1) is 21.6. The van der Waals surface area contributed by atoms with E-state index in [2.05, 4.69) is 5.32 Å². The third-order valence-corrected chi connectivity index (χ3v) is 5.71. The lowest BCUT2D eigenvalue weighted by Gasteiger charge is -2.14. The minimum absolute atomic E-state index is 0.173. The number of hydrogen-bond acceptors (Lipinski definition) is 8. The Hall–Kier alpha value is -3.07. The fourth-order valence-corrected chi connectivity index (χ4v) is 4.50. The highest BCUT2D eigenvalue weighted by Crippen LogP contribution is 2.38. The topological polar surface area (TPSA) is 122 Å². The molecule has 0 aliphatic heterocycles. The number of fused-ring (bicyclic) bond motifs is 1. The number of aryl methyl sites for hydroxylation is 1. The van der Waals surface area contributed by atoms with Gasteiger partial charge in [0, 0.05) is 10.9 Å². The summed E-state index contributed by atoms with van der Waals surface area (Å²) in [5.74, 6) is -2.66. The number of thiophene rings is 1. The third kappa shape index (κ3) is 4.91. The average molecular weight is 433 g/mol. The zero-order valence-corrected chi connectivity index (χ0v) is 17.5. The van der Waals surface area contributed by atoms with Crippen LogP contribution in [0.15, 0.2) is 18.2 Å². The number of rotatable bonds is 6. The molecule has 0 radical (unpaired) electrons. The van der Waals surface area contributed by atoms with Crippen LogP contribution in [-0.2, 0) is 27.1 Å². The van der Waals surface area contributed by atoms with E-state index < -0.39 is 30.2 Å². The van der Waals surface area contributed by atoms with Crippen molar-refractivity contribution in [1.82, 2.24) is 0 Å². The molecule has 0 bridgehead atoms. The lowest BCUT2D eigenvalue weighted by atomic mass is 9.95. The largest absolute Gasteiger partial charge is 0.508 e. The van der Waals surface area contributed by atoms with Gasteiger partial charge in [0.25, 0.3) is 5.91 Å². The van der Waals surface area contributed by atoms with Crippen molar-refractivity contribution < 1.29 is 34.1 Å². The van der Waals surface area contributed by atoms with Gasteiger partial charge >= 0.3 is 11.9 Å². The van der Waals surface area contributed by atoms with Crippen LogP contribution in [0.25, 0.3) is 0 Å². The molecule has 0 fully saturated rings. The number of hydrogen-bond donors (Lipinski definition) is 3. The van der Waals surface area contributed by atoms with Gasteiger partial charge < -0.3 is 25.0 Å². The van der Waals surface area contributed by atoms with Gasteiger partial charge in [-0.1, -0.05) is 0 Å². The number of ether oxygens (including phenoxy) is 2. The number of amides is 1. The summed E-state index contributed by atoms with van der Waals surface area (Å²) >= 11 is 1.34. The molecule has 2 aromatic rings. The van der Waals surface area contributed by atoms with Crippen LogP contribution < -0.4 is 5.32 Å². The highest BCUT2D eigenvalue weighted by atomic mass is 32.1. The summed E-state index contributed by atoms with van der Waals surface area (Å²) in [5.41, 5.74) is 1.12. The van der Waals surface area contributed by atoms with Crippen molar-refractivity contribution in [3.8, 4) is 11.5 Å². The number of benzene rings is 1. The quantitative estimate of drug-likeness (QED) is 0.597. The molecule has 0 atom stereocenters. The molecular formula is C21H23NO7S. The Morgan fingerprint density at radius 1 is 1.13 bits per heavy atom. The average Bonchev–Trinajstić information content (AvgIpc) is 3.03. The zero-order chi connectivity index (χ0) is 21.8. The van der Waals surface area contributed by atoms with Crippen molar-refractivity contribution in [2.45, 2.75) is 45.6 Å². The predicted octanol–water partition coefficient (Wildman–Crippen LogP) is 3.40. The van der Waals surface area contributed by atoms with Crippen molar-refractivity contribution in [3.63, 3.8) is 0 Å². The van der Waals surface area contributed by atoms with E-state index in [1.165, 1.54) is 23.5 Å². The number of aromatic hydroxyl groups is 2. The molecule has 1 aromatic heterocycles. The highest BCUT2D eigenvalue weighted by Gasteiger charge is 2.28. The van der Waals surface area contributed by atoms with E-state index in [1.807, 2.05) is 0 Å². The number of esters is 2. The lowest BCUT2D eigenvalue weighted by Crippen LogP contribution is -2.22. The standard InChI is InChI=1S/C21H23NO7S/c1-11(2)29-21(27)18-14-5-3-4-6-16(14)30-19(18)22-17(25)10-28-20(26)13-8-7-12(23)9-15(13)24/h7-9,11,23-24H,3-6,10H2,1-2H3,(H,22,25). The van der Waals surface area contributed by atoms with E-state index >= 15 is 0 Å². The molecule has 0 saturated carbocycles. The summed E-state index contributed by atoms with van der Waals surface area (Å²) in [6.07, 6.45) is 3.28. The van der Waals surface area contributed by atoms with Gasteiger partial charge in [-0.05, 0) is 57.2 Å². The Bertz CT molecular complexity index is 980.